The number of anilines is 1. The van der Waals surface area contributed by atoms with E-state index in [1.54, 1.807) is 6.07 Å². The predicted molar refractivity (Wildman–Crippen MR) is 177 cm³/mol. The molecule has 46 heavy (non-hydrogen) atoms. The van der Waals surface area contributed by atoms with Gasteiger partial charge < -0.3 is 20.3 Å². The van der Waals surface area contributed by atoms with Crippen molar-refractivity contribution in [1.82, 2.24) is 40.1 Å². The number of rotatable bonds is 10. The van der Waals surface area contributed by atoms with E-state index in [9.17, 15) is 9.59 Å². The number of amides is 3. The van der Waals surface area contributed by atoms with Crippen LogP contribution in [0.1, 0.15) is 92.9 Å². The number of hydrogen-bond donors (Lipinski definition) is 3. The first-order valence-corrected chi connectivity index (χ1v) is 15.9. The van der Waals surface area contributed by atoms with Crippen LogP contribution in [0.15, 0.2) is 48.7 Å². The van der Waals surface area contributed by atoms with Crippen molar-refractivity contribution in [3.63, 3.8) is 0 Å². The van der Waals surface area contributed by atoms with E-state index in [4.69, 9.17) is 4.74 Å². The van der Waals surface area contributed by atoms with Crippen molar-refractivity contribution in [3.05, 3.63) is 77.1 Å². The van der Waals surface area contributed by atoms with E-state index in [1.807, 2.05) is 80.7 Å². The van der Waals surface area contributed by atoms with Gasteiger partial charge in [0.25, 0.3) is 5.91 Å². The van der Waals surface area contributed by atoms with Gasteiger partial charge in [0.15, 0.2) is 5.65 Å². The number of hydrogen-bond acceptors (Lipinski definition) is 8. The molecule has 12 heteroatoms. The minimum Gasteiger partial charge on any atom is -0.484 e. The average Bonchev–Trinajstić information content (AvgIpc) is 3.38. The number of aromatic nitrogens is 5. The molecule has 2 atom stereocenters. The lowest BCUT2D eigenvalue weighted by atomic mass is 9.85. The third kappa shape index (κ3) is 7.97. The zero-order valence-electron chi connectivity index (χ0n) is 27.8. The number of carbonyl (C=O) groups excluding carboxylic acids is 2. The molecule has 3 aromatic heterocycles. The summed E-state index contributed by atoms with van der Waals surface area (Å²) in [5.74, 6) is 2.00. The van der Waals surface area contributed by atoms with Crippen molar-refractivity contribution in [2.45, 2.75) is 71.4 Å². The van der Waals surface area contributed by atoms with E-state index in [1.165, 1.54) is 0 Å². The van der Waals surface area contributed by atoms with Crippen LogP contribution < -0.4 is 20.7 Å². The summed E-state index contributed by atoms with van der Waals surface area (Å²) in [5, 5.41) is 17.5. The number of carbonyl (C=O) groups is 2. The maximum atomic E-state index is 13.3. The van der Waals surface area contributed by atoms with Crippen LogP contribution in [0.4, 0.5) is 10.6 Å². The molecule has 5 rings (SSSR count). The lowest BCUT2D eigenvalue weighted by Gasteiger charge is -2.32. The van der Waals surface area contributed by atoms with E-state index in [-0.39, 0.29) is 35.1 Å². The second-order valence-corrected chi connectivity index (χ2v) is 13.5. The molecule has 0 saturated carbocycles. The molecule has 0 aliphatic heterocycles. The number of urea groups is 1. The first kappa shape index (κ1) is 32.8. The van der Waals surface area contributed by atoms with Crippen LogP contribution >= 0.6 is 0 Å². The average molecular weight is 628 g/mol. The lowest BCUT2D eigenvalue weighted by molar-refractivity contribution is 0.0940. The molecule has 3 heterocycles. The van der Waals surface area contributed by atoms with Crippen LogP contribution in [-0.4, -0.2) is 68.6 Å². The summed E-state index contributed by atoms with van der Waals surface area (Å²) >= 11 is 0. The highest BCUT2D eigenvalue weighted by molar-refractivity contribution is 5.92. The van der Waals surface area contributed by atoms with Crippen molar-refractivity contribution in [1.29, 1.82) is 0 Å². The molecule has 0 saturated heterocycles. The third-order valence-corrected chi connectivity index (χ3v) is 7.84. The lowest BCUT2D eigenvalue weighted by Crippen LogP contribution is -2.36. The predicted octanol–water partition coefficient (Wildman–Crippen LogP) is 5.08. The Labute approximate surface area is 270 Å². The van der Waals surface area contributed by atoms with E-state index in [2.05, 4.69) is 56.0 Å². The summed E-state index contributed by atoms with van der Waals surface area (Å²) in [6.45, 7) is 11.5. The fourth-order valence-electron chi connectivity index (χ4n) is 5.46. The number of pyridine rings is 1. The zero-order chi connectivity index (χ0) is 33.0. The second-order valence-electron chi connectivity index (χ2n) is 13.5. The summed E-state index contributed by atoms with van der Waals surface area (Å²) < 4.78 is 8.52. The second kappa shape index (κ2) is 13.8. The van der Waals surface area contributed by atoms with Gasteiger partial charge in [-0.15, -0.1) is 10.2 Å². The Bertz CT molecular complexity index is 1690. The highest BCUT2D eigenvalue weighted by Gasteiger charge is 2.30. The molecule has 1 aliphatic carbocycles. The van der Waals surface area contributed by atoms with Gasteiger partial charge in [-0.05, 0) is 56.1 Å². The van der Waals surface area contributed by atoms with Crippen molar-refractivity contribution in [2.75, 3.05) is 32.5 Å². The number of fused-ring (bicyclic) bond motifs is 2. The van der Waals surface area contributed by atoms with Gasteiger partial charge in [0, 0.05) is 31.0 Å². The number of likely N-dealkylation sites (N-methyl/N-ethyl adjacent to an activating group) is 1. The SMILES string of the molecule is CC(C)Cc1nnc2ccc(O[C@@H]3CC[C@H](NC(=O)Nc4cc(C(C)(C)C)nc(C(=O)NCCN(C)C)n4)c4ccccc43)cn12. The smallest absolute Gasteiger partial charge is 0.320 e. The quantitative estimate of drug-likeness (QED) is 0.221. The first-order valence-electron chi connectivity index (χ1n) is 15.9. The molecule has 0 bridgehead atoms. The van der Waals surface area contributed by atoms with Crippen molar-refractivity contribution < 1.29 is 14.3 Å². The van der Waals surface area contributed by atoms with Crippen molar-refractivity contribution in [2.24, 2.45) is 5.92 Å². The van der Waals surface area contributed by atoms with Crippen LogP contribution in [0.3, 0.4) is 0 Å². The summed E-state index contributed by atoms with van der Waals surface area (Å²) in [6, 6.07) is 13.0. The van der Waals surface area contributed by atoms with Gasteiger partial charge in [-0.25, -0.2) is 14.8 Å². The summed E-state index contributed by atoms with van der Waals surface area (Å²) in [6.07, 6.45) is 3.99. The van der Waals surface area contributed by atoms with Gasteiger partial charge in [-0.1, -0.05) is 58.9 Å². The van der Waals surface area contributed by atoms with E-state index in [0.717, 1.165) is 34.8 Å². The standard InChI is InChI=1S/C34H45N9O3/c1-21(2)18-30-41-40-29-15-12-22(20-43(29)30)46-26-14-13-25(23-10-8-9-11-24(23)26)36-33(45)39-28-19-27(34(3,4)5)37-31(38-28)32(44)35-16-17-42(6)7/h8-12,15,19-21,25-26H,13-14,16-18H2,1-7H3,(H,35,44)(H2,36,37,38,39,45)/t25-,26+/m0/s1. The fraction of sp³-hybridized carbons (Fsp3) is 0.471. The molecule has 244 valence electrons. The molecule has 4 aromatic rings. The molecule has 1 aromatic carbocycles. The molecule has 3 N–H and O–H groups in total. The van der Waals surface area contributed by atoms with Gasteiger partial charge in [0.1, 0.15) is 23.5 Å². The number of ether oxygens (including phenoxy) is 1. The Morgan fingerprint density at radius 3 is 2.52 bits per heavy atom. The fourth-order valence-corrected chi connectivity index (χ4v) is 5.46. The Hall–Kier alpha value is -4.58. The summed E-state index contributed by atoms with van der Waals surface area (Å²) in [7, 11) is 3.87. The van der Waals surface area contributed by atoms with Crippen LogP contribution in [0.5, 0.6) is 5.75 Å². The molecule has 3 amide bonds. The molecule has 0 spiro atoms. The molecule has 0 radical (unpaired) electrons. The summed E-state index contributed by atoms with van der Waals surface area (Å²) in [4.78, 5) is 37.0. The number of nitrogens with zero attached hydrogens (tertiary/aromatic N) is 6. The van der Waals surface area contributed by atoms with Crippen LogP contribution in [0.25, 0.3) is 5.65 Å². The Morgan fingerprint density at radius 2 is 1.80 bits per heavy atom. The highest BCUT2D eigenvalue weighted by atomic mass is 16.5. The van der Waals surface area contributed by atoms with Gasteiger partial charge in [0.2, 0.25) is 5.82 Å². The van der Waals surface area contributed by atoms with Gasteiger partial charge in [0.05, 0.1) is 17.9 Å². The maximum absolute atomic E-state index is 13.3. The molecule has 0 fully saturated rings. The Balaban J connectivity index is 1.30. The van der Waals surface area contributed by atoms with Gasteiger partial charge in [-0.3, -0.25) is 14.5 Å². The topological polar surface area (TPSA) is 139 Å². The van der Waals surface area contributed by atoms with Gasteiger partial charge >= 0.3 is 6.03 Å². The minimum atomic E-state index is -0.410. The van der Waals surface area contributed by atoms with E-state index >= 15 is 0 Å². The van der Waals surface area contributed by atoms with Crippen LogP contribution in [-0.2, 0) is 11.8 Å². The minimum absolute atomic E-state index is 0.0190. The zero-order valence-corrected chi connectivity index (χ0v) is 27.8. The van der Waals surface area contributed by atoms with Crippen LogP contribution in [0.2, 0.25) is 0 Å². The molecule has 0 unspecified atom stereocenters. The van der Waals surface area contributed by atoms with Crippen LogP contribution in [0, 0.1) is 5.92 Å². The molecule has 1 aliphatic rings. The maximum Gasteiger partial charge on any atom is 0.320 e. The Morgan fingerprint density at radius 1 is 1.04 bits per heavy atom. The number of nitrogens with one attached hydrogen (secondary N) is 3. The summed E-state index contributed by atoms with van der Waals surface area (Å²) in [5.41, 5.74) is 3.11. The first-order chi connectivity index (χ1) is 21.9. The van der Waals surface area contributed by atoms with Crippen molar-refractivity contribution >= 4 is 23.4 Å². The van der Waals surface area contributed by atoms with E-state index < -0.39 is 6.03 Å². The normalized spacial score (nSPS) is 16.4. The molecule has 12 nitrogen and oxygen atoms in total. The Kier molecular flexibility index (Phi) is 9.85. The van der Waals surface area contributed by atoms with E-state index in [0.29, 0.717) is 37.5 Å². The monoisotopic (exact) mass is 627 g/mol. The molecular formula is C34H45N9O3. The van der Waals surface area contributed by atoms with Gasteiger partial charge in [-0.2, -0.15) is 0 Å². The highest BCUT2D eigenvalue weighted by Crippen LogP contribution is 2.39. The largest absolute Gasteiger partial charge is 0.484 e. The van der Waals surface area contributed by atoms with Crippen molar-refractivity contribution in [3.8, 4) is 5.75 Å². The number of benzene rings is 1. The third-order valence-electron chi connectivity index (χ3n) is 7.84. The molecular weight excluding hydrogens is 582 g/mol.